The lowest BCUT2D eigenvalue weighted by Crippen LogP contribution is -2.35. The van der Waals surface area contributed by atoms with Crippen LogP contribution in [0.4, 0.5) is 0 Å². The average molecular weight is 281 g/mol. The number of benzene rings is 1. The van der Waals surface area contributed by atoms with Gasteiger partial charge in [-0.1, -0.05) is 0 Å². The molecule has 1 amide bonds. The minimum absolute atomic E-state index is 0.117. The SMILES string of the molecule is O=C(CCSc1ccc(O)c(O)c1)N1CCCCC1. The number of nitrogens with zero attached hydrogens (tertiary/aromatic N) is 1. The summed E-state index contributed by atoms with van der Waals surface area (Å²) in [5.74, 6) is 0.677. The summed E-state index contributed by atoms with van der Waals surface area (Å²) in [7, 11) is 0. The van der Waals surface area contributed by atoms with Crippen LogP contribution >= 0.6 is 11.8 Å². The minimum Gasteiger partial charge on any atom is -0.504 e. The predicted octanol–water partition coefficient (Wildman–Crippen LogP) is 2.59. The van der Waals surface area contributed by atoms with Gasteiger partial charge in [0.25, 0.3) is 0 Å². The van der Waals surface area contributed by atoms with Crippen molar-refractivity contribution in [3.63, 3.8) is 0 Å². The molecule has 0 aromatic heterocycles. The Morgan fingerprint density at radius 1 is 1.16 bits per heavy atom. The van der Waals surface area contributed by atoms with Crippen molar-refractivity contribution in [3.8, 4) is 11.5 Å². The van der Waals surface area contributed by atoms with Gasteiger partial charge in [0.15, 0.2) is 11.5 Å². The topological polar surface area (TPSA) is 60.8 Å². The highest BCUT2D eigenvalue weighted by atomic mass is 32.2. The van der Waals surface area contributed by atoms with Gasteiger partial charge >= 0.3 is 0 Å². The largest absolute Gasteiger partial charge is 0.504 e. The lowest BCUT2D eigenvalue weighted by Gasteiger charge is -2.26. The summed E-state index contributed by atoms with van der Waals surface area (Å²) in [6, 6.07) is 4.72. The van der Waals surface area contributed by atoms with E-state index in [1.54, 1.807) is 6.07 Å². The summed E-state index contributed by atoms with van der Waals surface area (Å²) in [6.45, 7) is 1.78. The van der Waals surface area contributed by atoms with Gasteiger partial charge < -0.3 is 15.1 Å². The molecule has 0 unspecified atom stereocenters. The number of phenolic OH excluding ortho intramolecular Hbond substituents is 2. The number of phenols is 2. The molecule has 4 nitrogen and oxygen atoms in total. The van der Waals surface area contributed by atoms with Crippen LogP contribution in [-0.2, 0) is 4.79 Å². The van der Waals surface area contributed by atoms with Crippen LogP contribution in [0.1, 0.15) is 25.7 Å². The lowest BCUT2D eigenvalue weighted by atomic mass is 10.1. The van der Waals surface area contributed by atoms with Gasteiger partial charge in [-0.05, 0) is 37.5 Å². The normalized spacial score (nSPS) is 15.5. The molecule has 1 aliphatic heterocycles. The third-order valence-electron chi connectivity index (χ3n) is 3.24. The van der Waals surface area contributed by atoms with Crippen molar-refractivity contribution < 1.29 is 15.0 Å². The van der Waals surface area contributed by atoms with Crippen LogP contribution in [0.15, 0.2) is 23.1 Å². The van der Waals surface area contributed by atoms with Crippen LogP contribution in [0.2, 0.25) is 0 Å². The van der Waals surface area contributed by atoms with E-state index >= 15 is 0 Å². The first-order valence-electron chi connectivity index (χ1n) is 6.59. The number of thioether (sulfide) groups is 1. The Morgan fingerprint density at radius 3 is 2.58 bits per heavy atom. The Bertz CT molecular complexity index is 444. The number of rotatable bonds is 4. The van der Waals surface area contributed by atoms with Gasteiger partial charge in [-0.25, -0.2) is 0 Å². The molecule has 0 radical (unpaired) electrons. The van der Waals surface area contributed by atoms with Crippen LogP contribution in [0.25, 0.3) is 0 Å². The fourth-order valence-corrected chi connectivity index (χ4v) is 3.02. The van der Waals surface area contributed by atoms with E-state index in [2.05, 4.69) is 0 Å². The molecular weight excluding hydrogens is 262 g/mol. The third kappa shape index (κ3) is 4.06. The molecule has 2 N–H and O–H groups in total. The molecule has 2 rings (SSSR count). The fourth-order valence-electron chi connectivity index (χ4n) is 2.15. The molecule has 1 aromatic rings. The molecule has 0 spiro atoms. The van der Waals surface area contributed by atoms with E-state index in [1.807, 2.05) is 4.90 Å². The number of carbonyl (C=O) groups excluding carboxylic acids is 1. The highest BCUT2D eigenvalue weighted by Gasteiger charge is 2.15. The number of amides is 1. The average Bonchev–Trinajstić information content (AvgIpc) is 2.43. The second kappa shape index (κ2) is 6.70. The summed E-state index contributed by atoms with van der Waals surface area (Å²) < 4.78 is 0. The van der Waals surface area contributed by atoms with Gasteiger partial charge in [0.05, 0.1) is 0 Å². The van der Waals surface area contributed by atoms with Gasteiger partial charge in [-0.15, -0.1) is 11.8 Å². The summed E-state index contributed by atoms with van der Waals surface area (Å²) >= 11 is 1.52. The second-order valence-electron chi connectivity index (χ2n) is 4.69. The number of hydrogen-bond donors (Lipinski definition) is 2. The van der Waals surface area contributed by atoms with Crippen LogP contribution in [0.5, 0.6) is 11.5 Å². The zero-order valence-corrected chi connectivity index (χ0v) is 11.7. The number of hydrogen-bond acceptors (Lipinski definition) is 4. The van der Waals surface area contributed by atoms with E-state index in [9.17, 15) is 15.0 Å². The molecule has 5 heteroatoms. The molecule has 0 saturated carbocycles. The van der Waals surface area contributed by atoms with Crippen molar-refractivity contribution in [2.24, 2.45) is 0 Å². The van der Waals surface area contributed by atoms with Crippen molar-refractivity contribution in [3.05, 3.63) is 18.2 Å². The van der Waals surface area contributed by atoms with E-state index in [4.69, 9.17) is 0 Å². The van der Waals surface area contributed by atoms with E-state index in [0.29, 0.717) is 12.2 Å². The maximum absolute atomic E-state index is 11.9. The van der Waals surface area contributed by atoms with E-state index in [-0.39, 0.29) is 17.4 Å². The van der Waals surface area contributed by atoms with Crippen LogP contribution in [0.3, 0.4) is 0 Å². The van der Waals surface area contributed by atoms with Crippen molar-refractivity contribution in [2.45, 2.75) is 30.6 Å². The summed E-state index contributed by atoms with van der Waals surface area (Å²) in [4.78, 5) is 14.7. The van der Waals surface area contributed by atoms with Crippen molar-refractivity contribution in [2.75, 3.05) is 18.8 Å². The summed E-state index contributed by atoms with van der Waals surface area (Å²) in [5, 5.41) is 18.6. The standard InChI is InChI=1S/C14H19NO3S/c16-12-5-4-11(10-13(12)17)19-9-6-14(18)15-7-2-1-3-8-15/h4-5,10,16-17H,1-3,6-9H2. The van der Waals surface area contributed by atoms with Gasteiger partial charge in [-0.3, -0.25) is 4.79 Å². The molecule has 1 aromatic carbocycles. The van der Waals surface area contributed by atoms with Gasteiger partial charge in [0, 0.05) is 30.2 Å². The van der Waals surface area contributed by atoms with Crippen LogP contribution in [-0.4, -0.2) is 39.9 Å². The molecule has 0 bridgehead atoms. The molecule has 1 aliphatic rings. The minimum atomic E-state index is -0.118. The molecule has 19 heavy (non-hydrogen) atoms. The van der Waals surface area contributed by atoms with E-state index < -0.39 is 0 Å². The number of carbonyl (C=O) groups is 1. The molecular formula is C14H19NO3S. The predicted molar refractivity (Wildman–Crippen MR) is 75.5 cm³/mol. The van der Waals surface area contributed by atoms with Gasteiger partial charge in [0.2, 0.25) is 5.91 Å². The van der Waals surface area contributed by atoms with E-state index in [1.165, 1.54) is 30.3 Å². The molecule has 1 fully saturated rings. The third-order valence-corrected chi connectivity index (χ3v) is 4.24. The smallest absolute Gasteiger partial charge is 0.223 e. The number of likely N-dealkylation sites (tertiary alicyclic amines) is 1. The second-order valence-corrected chi connectivity index (χ2v) is 5.86. The Morgan fingerprint density at radius 2 is 1.89 bits per heavy atom. The molecule has 1 heterocycles. The zero-order valence-electron chi connectivity index (χ0n) is 10.8. The quantitative estimate of drug-likeness (QED) is 0.658. The highest BCUT2D eigenvalue weighted by molar-refractivity contribution is 7.99. The van der Waals surface area contributed by atoms with Crippen LogP contribution in [0, 0.1) is 0 Å². The Labute approximate surface area is 117 Å². The monoisotopic (exact) mass is 281 g/mol. The van der Waals surface area contributed by atoms with Gasteiger partial charge in [0.1, 0.15) is 0 Å². The maximum atomic E-state index is 11.9. The summed E-state index contributed by atoms with van der Waals surface area (Å²) in [6.07, 6.45) is 3.98. The summed E-state index contributed by atoms with van der Waals surface area (Å²) in [5.41, 5.74) is 0. The lowest BCUT2D eigenvalue weighted by molar-refractivity contribution is -0.131. The highest BCUT2D eigenvalue weighted by Crippen LogP contribution is 2.30. The molecule has 1 saturated heterocycles. The van der Waals surface area contributed by atoms with Crippen molar-refractivity contribution in [1.29, 1.82) is 0 Å². The van der Waals surface area contributed by atoms with Crippen LogP contribution < -0.4 is 0 Å². The molecule has 104 valence electrons. The number of aromatic hydroxyl groups is 2. The molecule has 0 atom stereocenters. The number of piperidine rings is 1. The zero-order chi connectivity index (χ0) is 13.7. The first-order chi connectivity index (χ1) is 9.16. The van der Waals surface area contributed by atoms with Gasteiger partial charge in [-0.2, -0.15) is 0 Å². The molecule has 0 aliphatic carbocycles. The first kappa shape index (κ1) is 14.1. The Balaban J connectivity index is 1.76. The van der Waals surface area contributed by atoms with Crippen molar-refractivity contribution in [1.82, 2.24) is 4.90 Å². The van der Waals surface area contributed by atoms with Crippen molar-refractivity contribution >= 4 is 17.7 Å². The first-order valence-corrected chi connectivity index (χ1v) is 7.58. The Hall–Kier alpha value is -1.36. The maximum Gasteiger partial charge on any atom is 0.223 e. The Kier molecular flexibility index (Phi) is 4.96. The van der Waals surface area contributed by atoms with E-state index in [0.717, 1.165) is 30.8 Å². The fraction of sp³-hybridized carbons (Fsp3) is 0.500.